The molecule has 2 aromatic carbocycles. The van der Waals surface area contributed by atoms with Crippen LogP contribution in [0.2, 0.25) is 0 Å². The van der Waals surface area contributed by atoms with Crippen molar-refractivity contribution in [3.05, 3.63) is 65.0 Å². The fourth-order valence-electron chi connectivity index (χ4n) is 5.49. The molecule has 1 saturated heterocycles. The Labute approximate surface area is 220 Å². The van der Waals surface area contributed by atoms with Crippen LogP contribution in [-0.2, 0) is 15.7 Å². The number of anilines is 1. The van der Waals surface area contributed by atoms with Crippen molar-refractivity contribution >= 4 is 22.6 Å². The number of aromatic nitrogens is 2. The van der Waals surface area contributed by atoms with Crippen molar-refractivity contribution in [2.24, 2.45) is 5.92 Å². The van der Waals surface area contributed by atoms with E-state index in [4.69, 9.17) is 4.74 Å². The van der Waals surface area contributed by atoms with Gasteiger partial charge in [-0.15, -0.1) is 0 Å². The van der Waals surface area contributed by atoms with Gasteiger partial charge >= 0.3 is 6.18 Å². The van der Waals surface area contributed by atoms with Gasteiger partial charge in [-0.1, -0.05) is 18.2 Å². The third kappa shape index (κ3) is 5.48. The van der Waals surface area contributed by atoms with Crippen molar-refractivity contribution < 1.29 is 22.7 Å². The number of alkyl halides is 3. The number of rotatable bonds is 6. The predicted octanol–water partition coefficient (Wildman–Crippen LogP) is 6.26. The highest BCUT2D eigenvalue weighted by atomic mass is 19.4. The summed E-state index contributed by atoms with van der Waals surface area (Å²) in [5.74, 6) is 1.79. The fraction of sp³-hybridized carbons (Fsp3) is 0.483. The summed E-state index contributed by atoms with van der Waals surface area (Å²) in [6.07, 6.45) is -0.851. The van der Waals surface area contributed by atoms with Crippen LogP contribution in [-0.4, -0.2) is 47.1 Å². The maximum Gasteiger partial charge on any atom is 0.416 e. The van der Waals surface area contributed by atoms with E-state index in [1.54, 1.807) is 13.0 Å². The number of aryl methyl sites for hydroxylation is 1. The van der Waals surface area contributed by atoms with Crippen molar-refractivity contribution in [2.45, 2.75) is 63.7 Å². The molecule has 1 aliphatic carbocycles. The number of halogens is 3. The fourth-order valence-corrected chi connectivity index (χ4v) is 5.49. The Bertz CT molecular complexity index is 1320. The molecule has 5 rings (SSSR count). The first-order valence-electron chi connectivity index (χ1n) is 13.2. The van der Waals surface area contributed by atoms with Gasteiger partial charge in [-0.2, -0.15) is 13.2 Å². The van der Waals surface area contributed by atoms with Gasteiger partial charge in [-0.3, -0.25) is 4.79 Å². The second-order valence-corrected chi connectivity index (χ2v) is 10.6. The maximum atomic E-state index is 13.2. The van der Waals surface area contributed by atoms with Gasteiger partial charge in [-0.05, 0) is 80.8 Å². The molecular formula is C29H33F3N4O2. The SMILES string of the molecule is Cc1nc(N[C@H](C)c2cccc(C(F)(F)F)c2)c2cc(C3CCC(C(=O)N(C)C4COC4)CC3)ccc2n1. The molecule has 6 nitrogen and oxygen atoms in total. The quantitative estimate of drug-likeness (QED) is 0.411. The monoisotopic (exact) mass is 526 g/mol. The zero-order chi connectivity index (χ0) is 27.0. The van der Waals surface area contributed by atoms with Crippen LogP contribution in [0.1, 0.15) is 67.1 Å². The molecular weight excluding hydrogens is 493 g/mol. The summed E-state index contributed by atoms with van der Waals surface area (Å²) in [6.45, 7) is 4.88. The van der Waals surface area contributed by atoms with E-state index in [-0.39, 0.29) is 17.9 Å². The van der Waals surface area contributed by atoms with Gasteiger partial charge in [0.05, 0.1) is 30.3 Å². The van der Waals surface area contributed by atoms with Crippen LogP contribution < -0.4 is 5.32 Å². The number of nitrogens with zero attached hydrogens (tertiary/aromatic N) is 3. The Hall–Kier alpha value is -3.20. The lowest BCUT2D eigenvalue weighted by Gasteiger charge is -2.38. The number of hydrogen-bond donors (Lipinski definition) is 1. The van der Waals surface area contributed by atoms with Gasteiger partial charge in [0.25, 0.3) is 0 Å². The highest BCUT2D eigenvalue weighted by molar-refractivity contribution is 5.90. The number of carbonyl (C=O) groups is 1. The minimum atomic E-state index is -4.40. The first kappa shape index (κ1) is 26.4. The molecule has 202 valence electrons. The molecule has 1 aromatic heterocycles. The molecule has 1 aliphatic heterocycles. The van der Waals surface area contributed by atoms with E-state index in [9.17, 15) is 18.0 Å². The summed E-state index contributed by atoms with van der Waals surface area (Å²) in [7, 11) is 1.88. The topological polar surface area (TPSA) is 67.4 Å². The molecule has 1 saturated carbocycles. The molecule has 38 heavy (non-hydrogen) atoms. The molecule has 1 atom stereocenters. The van der Waals surface area contributed by atoms with E-state index in [0.29, 0.717) is 36.3 Å². The van der Waals surface area contributed by atoms with E-state index in [1.807, 2.05) is 24.9 Å². The van der Waals surface area contributed by atoms with Crippen LogP contribution in [0.15, 0.2) is 42.5 Å². The lowest BCUT2D eigenvalue weighted by atomic mass is 9.78. The number of carbonyl (C=O) groups excluding carboxylic acids is 1. The smallest absolute Gasteiger partial charge is 0.377 e. The molecule has 3 aromatic rings. The summed E-state index contributed by atoms with van der Waals surface area (Å²) in [6, 6.07) is 11.4. The molecule has 0 radical (unpaired) electrons. The van der Waals surface area contributed by atoms with Crippen LogP contribution in [0, 0.1) is 12.8 Å². The highest BCUT2D eigenvalue weighted by Crippen LogP contribution is 2.39. The van der Waals surface area contributed by atoms with Gasteiger partial charge in [-0.25, -0.2) is 9.97 Å². The Kier molecular flexibility index (Phi) is 7.31. The predicted molar refractivity (Wildman–Crippen MR) is 140 cm³/mol. The van der Waals surface area contributed by atoms with Crippen LogP contribution in [0.5, 0.6) is 0 Å². The molecule has 0 spiro atoms. The molecule has 1 amide bonds. The third-order valence-corrected chi connectivity index (χ3v) is 7.96. The Balaban J connectivity index is 1.33. The van der Waals surface area contributed by atoms with Gasteiger partial charge in [0, 0.05) is 24.4 Å². The molecule has 2 aliphatic rings. The van der Waals surface area contributed by atoms with Crippen LogP contribution >= 0.6 is 0 Å². The van der Waals surface area contributed by atoms with E-state index in [2.05, 4.69) is 27.4 Å². The lowest BCUT2D eigenvalue weighted by Crippen LogP contribution is -2.51. The zero-order valence-corrected chi connectivity index (χ0v) is 21.9. The Morgan fingerprint density at radius 2 is 1.82 bits per heavy atom. The minimum Gasteiger partial charge on any atom is -0.377 e. The van der Waals surface area contributed by atoms with Gasteiger partial charge in [0.15, 0.2) is 0 Å². The normalized spacial score (nSPS) is 21.1. The summed E-state index contributed by atoms with van der Waals surface area (Å²) in [4.78, 5) is 23.9. The van der Waals surface area contributed by atoms with E-state index >= 15 is 0 Å². The standard InChI is InChI=1S/C29H33F3N4O2/c1-17(21-5-4-6-23(13-21)29(30,31)32)33-27-25-14-22(11-12-26(25)34-18(2)35-27)19-7-9-20(10-8-19)28(37)36(3)24-15-38-16-24/h4-6,11-14,17,19-20,24H,7-10,15-16H2,1-3H3,(H,33,34,35)/t17-,19?,20?/m1/s1. The summed E-state index contributed by atoms with van der Waals surface area (Å²) in [5.41, 5.74) is 1.82. The number of nitrogens with one attached hydrogen (secondary N) is 1. The average molecular weight is 527 g/mol. The number of benzene rings is 2. The first-order chi connectivity index (χ1) is 18.1. The largest absolute Gasteiger partial charge is 0.416 e. The number of amides is 1. The van der Waals surface area contributed by atoms with Crippen LogP contribution in [0.25, 0.3) is 10.9 Å². The maximum absolute atomic E-state index is 13.2. The van der Waals surface area contributed by atoms with Crippen molar-refractivity contribution in [1.29, 1.82) is 0 Å². The number of ether oxygens (including phenoxy) is 1. The van der Waals surface area contributed by atoms with Crippen LogP contribution in [0.4, 0.5) is 19.0 Å². The zero-order valence-electron chi connectivity index (χ0n) is 21.9. The average Bonchev–Trinajstić information content (AvgIpc) is 2.86. The number of fused-ring (bicyclic) bond motifs is 1. The summed E-state index contributed by atoms with van der Waals surface area (Å²) >= 11 is 0. The molecule has 1 N–H and O–H groups in total. The summed E-state index contributed by atoms with van der Waals surface area (Å²) < 4.78 is 44.9. The first-order valence-corrected chi connectivity index (χ1v) is 13.2. The summed E-state index contributed by atoms with van der Waals surface area (Å²) in [5, 5.41) is 4.17. The number of likely N-dealkylation sites (N-methyl/N-ethyl adjacent to an activating group) is 1. The highest BCUT2D eigenvalue weighted by Gasteiger charge is 2.34. The number of hydrogen-bond acceptors (Lipinski definition) is 5. The van der Waals surface area contributed by atoms with Crippen molar-refractivity contribution in [1.82, 2.24) is 14.9 Å². The second-order valence-electron chi connectivity index (χ2n) is 10.6. The second kappa shape index (κ2) is 10.5. The van der Waals surface area contributed by atoms with E-state index < -0.39 is 17.8 Å². The molecule has 0 unspecified atom stereocenters. The molecule has 0 bridgehead atoms. The molecule has 9 heteroatoms. The Morgan fingerprint density at radius 3 is 2.47 bits per heavy atom. The Morgan fingerprint density at radius 1 is 1.08 bits per heavy atom. The van der Waals surface area contributed by atoms with E-state index in [1.165, 1.54) is 17.7 Å². The molecule has 2 heterocycles. The van der Waals surface area contributed by atoms with Crippen molar-refractivity contribution in [2.75, 3.05) is 25.6 Å². The van der Waals surface area contributed by atoms with Crippen molar-refractivity contribution in [3.63, 3.8) is 0 Å². The van der Waals surface area contributed by atoms with Gasteiger partial charge < -0.3 is 15.0 Å². The lowest BCUT2D eigenvalue weighted by molar-refractivity contribution is -0.147. The van der Waals surface area contributed by atoms with Gasteiger partial charge in [0.1, 0.15) is 11.6 Å². The third-order valence-electron chi connectivity index (χ3n) is 7.96. The van der Waals surface area contributed by atoms with E-state index in [0.717, 1.165) is 42.7 Å². The van der Waals surface area contributed by atoms with Crippen LogP contribution in [0.3, 0.4) is 0 Å². The van der Waals surface area contributed by atoms with Crippen molar-refractivity contribution in [3.8, 4) is 0 Å². The minimum absolute atomic E-state index is 0.0498. The van der Waals surface area contributed by atoms with Gasteiger partial charge in [0.2, 0.25) is 5.91 Å². The molecule has 2 fully saturated rings.